The van der Waals surface area contributed by atoms with Crippen LogP contribution in [0.2, 0.25) is 0 Å². The van der Waals surface area contributed by atoms with Crippen molar-refractivity contribution in [1.82, 2.24) is 0 Å². The summed E-state index contributed by atoms with van der Waals surface area (Å²) in [6.45, 7) is 42.5. The third-order valence-corrected chi connectivity index (χ3v) is 1.77. The molecule has 1 fully saturated rings. The van der Waals surface area contributed by atoms with Gasteiger partial charge in [-0.1, -0.05) is 11.6 Å². The van der Waals surface area contributed by atoms with Crippen molar-refractivity contribution in [2.24, 2.45) is 0 Å². The number of hydrogen-bond acceptors (Lipinski definition) is 1. The van der Waals surface area contributed by atoms with Crippen molar-refractivity contribution in [3.8, 4) is 0 Å². The monoisotopic (exact) mass is 688 g/mol. The van der Waals surface area contributed by atoms with Gasteiger partial charge in [-0.05, 0) is 45.1 Å². The molecule has 2 rings (SSSR count). The van der Waals surface area contributed by atoms with Crippen LogP contribution in [0.25, 0.3) is 0 Å². The molecule has 0 aromatic carbocycles. The first-order valence-electron chi connectivity index (χ1n) is 5.85. The molecule has 0 N–H and O–H groups in total. The van der Waals surface area contributed by atoms with Gasteiger partial charge in [0.1, 0.15) is 0 Å². The summed E-state index contributed by atoms with van der Waals surface area (Å²) in [5.74, 6) is 0. The SMILES string of the molecule is [C-]#[O+].[C-]#[O+].[C-]#[O+].[C-]#[O+].[C-]#[O+].[C-]#[O+].[C-]#[O+].[C-]#[O+].[CH2-]C1OCC=C1C.[CH]1[CH][CH][CH][CH]1.[Co].[Co]=[W]. The molecule has 6 radical (unpaired) electrons. The topological polar surface area (TPSA) is 168 Å². The van der Waals surface area contributed by atoms with Crippen molar-refractivity contribution >= 4 is 0 Å². The number of rotatable bonds is 0. The molecule has 12 heteroatoms. The van der Waals surface area contributed by atoms with E-state index in [0.29, 0.717) is 0 Å². The molecule has 9 nitrogen and oxygen atoms in total. The Hall–Kier alpha value is -0.679. The molecule has 1 heterocycles. The van der Waals surface area contributed by atoms with E-state index >= 15 is 0 Å². The van der Waals surface area contributed by atoms with E-state index in [2.05, 4.69) is 78.8 Å². The first-order valence-corrected chi connectivity index (χ1v) is 10.3. The molecule has 2 aliphatic rings. The average molecular weight is 688 g/mol. The summed E-state index contributed by atoms with van der Waals surface area (Å²) in [6.07, 6.45) is 12.2. The van der Waals surface area contributed by atoms with E-state index < -0.39 is 0 Å². The Kier molecular flexibility index (Phi) is 270. The van der Waals surface area contributed by atoms with Gasteiger partial charge in [0.15, 0.2) is 0 Å². The van der Waals surface area contributed by atoms with E-state index in [-0.39, 0.29) is 22.9 Å². The zero-order valence-electron chi connectivity index (χ0n) is 15.7. The molecule has 1 aliphatic carbocycles. The summed E-state index contributed by atoms with van der Waals surface area (Å²) < 4.78 is 65.1. The average Bonchev–Trinajstić information content (AvgIpc) is 3.61. The fourth-order valence-electron chi connectivity index (χ4n) is 0.879. The van der Waals surface area contributed by atoms with Crippen LogP contribution in [0.5, 0.6) is 0 Å². The molecule has 31 heavy (non-hydrogen) atoms. The van der Waals surface area contributed by atoms with Gasteiger partial charge in [0.25, 0.3) is 0 Å². The van der Waals surface area contributed by atoms with Gasteiger partial charge in [0.05, 0.1) is 6.61 Å². The van der Waals surface area contributed by atoms with Gasteiger partial charge >= 0.3 is 120 Å². The van der Waals surface area contributed by atoms with Crippen LogP contribution in [0.1, 0.15) is 6.92 Å². The Morgan fingerprint density at radius 2 is 0.903 bits per heavy atom. The maximum atomic E-state index is 7.50. The summed E-state index contributed by atoms with van der Waals surface area (Å²) in [4.78, 5) is 0. The van der Waals surface area contributed by atoms with Crippen molar-refractivity contribution in [2.45, 2.75) is 13.0 Å². The Labute approximate surface area is 211 Å². The van der Waals surface area contributed by atoms with Crippen LogP contribution >= 0.6 is 0 Å². The van der Waals surface area contributed by atoms with Crippen molar-refractivity contribution in [3.63, 3.8) is 0 Å². The Balaban J connectivity index is -0.0000000209. The molecule has 1 saturated carbocycles. The van der Waals surface area contributed by atoms with Gasteiger partial charge in [-0.15, -0.1) is 0 Å². The van der Waals surface area contributed by atoms with Crippen molar-refractivity contribution in [3.05, 3.63) is 104 Å². The molecule has 0 spiro atoms. The van der Waals surface area contributed by atoms with E-state index in [1.165, 1.54) is 22.8 Å². The molecule has 0 bridgehead atoms. The second-order valence-corrected chi connectivity index (χ2v) is 2.73. The molecule has 0 aromatic rings. The first kappa shape index (κ1) is 63.1. The minimum absolute atomic E-state index is 0. The van der Waals surface area contributed by atoms with Crippen LogP contribution in [0.4, 0.5) is 0 Å². The summed E-state index contributed by atoms with van der Waals surface area (Å²) in [5, 5.41) is 0. The van der Waals surface area contributed by atoms with Crippen LogP contribution in [0, 0.1) is 92.2 Å². The van der Waals surface area contributed by atoms with Crippen molar-refractivity contribution in [1.29, 1.82) is 0 Å². The molecule has 0 aromatic heterocycles. The van der Waals surface area contributed by atoms with Gasteiger partial charge in [-0.3, -0.25) is 0 Å². The predicted molar refractivity (Wildman–Crippen MR) is 81.8 cm³/mol. The second-order valence-electron chi connectivity index (χ2n) is 2.73. The summed E-state index contributed by atoms with van der Waals surface area (Å²) >= 11 is 4.92. The van der Waals surface area contributed by atoms with E-state index in [1.54, 1.807) is 0 Å². The zero-order chi connectivity index (χ0) is 26.8. The van der Waals surface area contributed by atoms with Crippen LogP contribution < -0.4 is 0 Å². The molecule has 1 unspecified atom stereocenters. The Morgan fingerprint density at radius 3 is 0.968 bits per heavy atom. The van der Waals surface area contributed by atoms with Crippen LogP contribution in [0.3, 0.4) is 0 Å². The van der Waals surface area contributed by atoms with Crippen LogP contribution in [-0.4, -0.2) is 12.7 Å². The van der Waals surface area contributed by atoms with Crippen molar-refractivity contribution in [2.75, 3.05) is 6.61 Å². The first-order chi connectivity index (χ1) is 14.8. The normalized spacial score (nSPS) is 11.5. The van der Waals surface area contributed by atoms with Crippen LogP contribution in [-0.2, 0) is 88.5 Å². The number of hydrogen-bond donors (Lipinski definition) is 0. The van der Waals surface area contributed by atoms with E-state index in [9.17, 15) is 0 Å². The maximum absolute atomic E-state index is 7.50. The Morgan fingerprint density at radius 1 is 0.710 bits per heavy atom. The van der Waals surface area contributed by atoms with Crippen LogP contribution in [0.15, 0.2) is 11.6 Å². The molecular weight excluding hydrogens is 674 g/mol. The predicted octanol–water partition coefficient (Wildman–Crippen LogP) is 1.88. The van der Waals surface area contributed by atoms with Gasteiger partial charge in [0, 0.05) is 16.8 Å². The van der Waals surface area contributed by atoms with Gasteiger partial charge in [-0.2, -0.15) is 0 Å². The fraction of sp³-hybridized carbons (Fsp3) is 0.158. The molecule has 0 saturated heterocycles. The minimum atomic E-state index is 0. The molecule has 0 amide bonds. The van der Waals surface area contributed by atoms with Gasteiger partial charge < -0.3 is 11.7 Å². The van der Waals surface area contributed by atoms with Crippen molar-refractivity contribution < 1.29 is 88.5 Å². The van der Waals surface area contributed by atoms with E-state index in [0.717, 1.165) is 6.61 Å². The quantitative estimate of drug-likeness (QED) is 0.212. The third-order valence-electron chi connectivity index (χ3n) is 1.77. The fourth-order valence-corrected chi connectivity index (χ4v) is 0.879. The second kappa shape index (κ2) is 133. The Bertz CT molecular complexity index is 381. The third kappa shape index (κ3) is 107. The molecule has 169 valence electrons. The zero-order valence-corrected chi connectivity index (χ0v) is 20.7. The molecule has 1 aliphatic heterocycles. The van der Waals surface area contributed by atoms with E-state index in [4.69, 9.17) is 42.0 Å². The molecular formula is C19H14Co2O9W-. The summed E-state index contributed by atoms with van der Waals surface area (Å²) in [7, 11) is 0. The van der Waals surface area contributed by atoms with Gasteiger partial charge in [-0.25, -0.2) is 0 Å². The summed E-state index contributed by atoms with van der Waals surface area (Å²) in [6, 6.07) is 0. The van der Waals surface area contributed by atoms with E-state index in [1.807, 2.05) is 39.0 Å². The molecule has 1 atom stereocenters. The summed E-state index contributed by atoms with van der Waals surface area (Å²) in [5.41, 5.74) is 1.25. The van der Waals surface area contributed by atoms with Gasteiger partial charge in [0.2, 0.25) is 0 Å². The standard InChI is InChI=1S/C6H9O.C5H5.8CO.2Co.W/c1-5-3-4-7-6(5)2;1-2-4-5-3-1;8*1-2;;;/h3,6H,2,4H2,1H3;1-5H;;;;;;;;;;;/q-1;;;;;;;;;;;;. The number of ether oxygens (including phenoxy) is 1.